The lowest BCUT2D eigenvalue weighted by Crippen LogP contribution is -2.47. The molecule has 1 atom stereocenters. The molecule has 4 nitrogen and oxygen atoms in total. The summed E-state index contributed by atoms with van der Waals surface area (Å²) in [4.78, 5) is 32.0. The topological polar surface area (TPSA) is 40.6 Å². The van der Waals surface area contributed by atoms with Crippen LogP contribution in [0.5, 0.6) is 0 Å². The Bertz CT molecular complexity index is 1380. The van der Waals surface area contributed by atoms with Gasteiger partial charge < -0.3 is 0 Å². The summed E-state index contributed by atoms with van der Waals surface area (Å²) in [6, 6.07) is 33.2. The predicted octanol–water partition coefficient (Wildman–Crippen LogP) is 6.27. The quantitative estimate of drug-likeness (QED) is 0.300. The molecule has 4 aromatic rings. The van der Waals surface area contributed by atoms with Gasteiger partial charge in [0, 0.05) is 18.7 Å². The summed E-state index contributed by atoms with van der Waals surface area (Å²) in [6.45, 7) is 5.68. The van der Waals surface area contributed by atoms with Gasteiger partial charge in [-0.25, -0.2) is 0 Å². The summed E-state index contributed by atoms with van der Waals surface area (Å²) in [5.74, 6) is -0.458. The van der Waals surface area contributed by atoms with Gasteiger partial charge in [0.05, 0.1) is 6.54 Å². The van der Waals surface area contributed by atoms with Gasteiger partial charge in [0.2, 0.25) is 0 Å². The van der Waals surface area contributed by atoms with Crippen molar-refractivity contribution in [1.29, 1.82) is 0 Å². The van der Waals surface area contributed by atoms with E-state index in [0.29, 0.717) is 12.1 Å². The Morgan fingerprint density at radius 3 is 2.08 bits per heavy atom. The van der Waals surface area contributed by atoms with Gasteiger partial charge in [-0.05, 0) is 54.7 Å². The van der Waals surface area contributed by atoms with Crippen molar-refractivity contribution in [3.63, 3.8) is 0 Å². The minimum Gasteiger partial charge on any atom is -0.284 e. The Balaban J connectivity index is 1.54. The number of carbonyl (C=O) groups excluding carboxylic acids is 2. The van der Waals surface area contributed by atoms with Gasteiger partial charge in [-0.3, -0.25) is 19.4 Å². The van der Waals surface area contributed by atoms with E-state index in [1.54, 1.807) is 0 Å². The molecule has 4 aromatic carbocycles. The second kappa shape index (κ2) is 10.9. The first-order chi connectivity index (χ1) is 18.0. The lowest BCUT2D eigenvalue weighted by atomic mass is 9.91. The van der Waals surface area contributed by atoms with Crippen LogP contribution in [0.2, 0.25) is 0 Å². The van der Waals surface area contributed by atoms with Crippen molar-refractivity contribution in [2.45, 2.75) is 39.4 Å². The van der Waals surface area contributed by atoms with E-state index in [2.05, 4.69) is 42.2 Å². The molecular formula is C33H32N2O2. The predicted molar refractivity (Wildman–Crippen MR) is 147 cm³/mol. The molecule has 0 saturated carbocycles. The molecule has 0 fully saturated rings. The van der Waals surface area contributed by atoms with Gasteiger partial charge in [0.25, 0.3) is 11.8 Å². The summed E-state index contributed by atoms with van der Waals surface area (Å²) < 4.78 is 0. The molecule has 186 valence electrons. The number of imide groups is 1. The molecule has 0 saturated heterocycles. The first kappa shape index (κ1) is 24.7. The number of carbonyl (C=O) groups is 2. The molecule has 1 aliphatic heterocycles. The molecule has 0 aliphatic carbocycles. The highest BCUT2D eigenvalue weighted by atomic mass is 16.2. The van der Waals surface area contributed by atoms with E-state index in [-0.39, 0.29) is 18.4 Å². The SMILES string of the molecule is Cc1ccc(CN2CCc3ccccc3C2C(=O)N(Cc2ccccc2)C(=O)c2ccc(C)cc2)cc1. The van der Waals surface area contributed by atoms with Crippen LogP contribution in [-0.4, -0.2) is 28.2 Å². The van der Waals surface area contributed by atoms with Crippen molar-refractivity contribution < 1.29 is 9.59 Å². The van der Waals surface area contributed by atoms with Gasteiger partial charge in [-0.1, -0.05) is 102 Å². The van der Waals surface area contributed by atoms with Crippen molar-refractivity contribution in [2.75, 3.05) is 6.54 Å². The van der Waals surface area contributed by atoms with Crippen LogP contribution < -0.4 is 0 Å². The largest absolute Gasteiger partial charge is 0.284 e. The molecule has 1 heterocycles. The van der Waals surface area contributed by atoms with Crippen LogP contribution in [0.1, 0.15) is 49.8 Å². The summed E-state index contributed by atoms with van der Waals surface area (Å²) in [5.41, 5.74) is 7.03. The smallest absolute Gasteiger partial charge is 0.260 e. The lowest BCUT2D eigenvalue weighted by Gasteiger charge is -2.38. The lowest BCUT2D eigenvalue weighted by molar-refractivity contribution is -0.135. The average molecular weight is 489 g/mol. The van der Waals surface area contributed by atoms with E-state index >= 15 is 0 Å². The van der Waals surface area contributed by atoms with E-state index in [4.69, 9.17) is 0 Å². The van der Waals surface area contributed by atoms with Gasteiger partial charge >= 0.3 is 0 Å². The first-order valence-electron chi connectivity index (χ1n) is 12.8. The molecule has 0 bridgehead atoms. The van der Waals surface area contributed by atoms with Gasteiger partial charge in [-0.2, -0.15) is 0 Å². The number of amides is 2. The normalized spacial score (nSPS) is 15.1. The molecule has 1 aliphatic rings. The van der Waals surface area contributed by atoms with E-state index in [1.165, 1.54) is 16.0 Å². The highest BCUT2D eigenvalue weighted by Crippen LogP contribution is 2.33. The summed E-state index contributed by atoms with van der Waals surface area (Å²) in [5, 5.41) is 0. The molecule has 5 rings (SSSR count). The minimum absolute atomic E-state index is 0.186. The number of benzene rings is 4. The third-order valence-electron chi connectivity index (χ3n) is 7.12. The third-order valence-corrected chi connectivity index (χ3v) is 7.12. The third kappa shape index (κ3) is 5.55. The molecule has 0 radical (unpaired) electrons. The molecular weight excluding hydrogens is 456 g/mol. The van der Waals surface area contributed by atoms with E-state index < -0.39 is 6.04 Å². The number of hydrogen-bond donors (Lipinski definition) is 0. The number of rotatable bonds is 6. The molecule has 2 amide bonds. The highest BCUT2D eigenvalue weighted by Gasteiger charge is 2.38. The average Bonchev–Trinajstić information content (AvgIpc) is 2.93. The fraction of sp³-hybridized carbons (Fsp3) is 0.212. The maximum absolute atomic E-state index is 14.5. The fourth-order valence-corrected chi connectivity index (χ4v) is 5.02. The second-order valence-electron chi connectivity index (χ2n) is 9.89. The molecule has 4 heteroatoms. The number of aryl methyl sites for hydroxylation is 2. The number of hydrogen-bond acceptors (Lipinski definition) is 3. The zero-order valence-electron chi connectivity index (χ0n) is 21.4. The van der Waals surface area contributed by atoms with Crippen molar-refractivity contribution in [3.05, 3.63) is 142 Å². The standard InChI is InChI=1S/C33H32N2O2/c1-24-12-16-27(17-13-24)22-34-21-20-28-10-6-7-11-30(28)31(34)33(37)35(23-26-8-4-3-5-9-26)32(36)29-18-14-25(2)15-19-29/h3-19,31H,20-23H2,1-2H3. The van der Waals surface area contributed by atoms with Crippen molar-refractivity contribution >= 4 is 11.8 Å². The van der Waals surface area contributed by atoms with Gasteiger partial charge in [0.15, 0.2) is 0 Å². The van der Waals surface area contributed by atoms with E-state index in [0.717, 1.165) is 35.2 Å². The van der Waals surface area contributed by atoms with Crippen LogP contribution >= 0.6 is 0 Å². The fourth-order valence-electron chi connectivity index (χ4n) is 5.02. The van der Waals surface area contributed by atoms with Crippen LogP contribution in [0.4, 0.5) is 0 Å². The molecule has 0 spiro atoms. The molecule has 37 heavy (non-hydrogen) atoms. The van der Waals surface area contributed by atoms with Crippen LogP contribution in [0.25, 0.3) is 0 Å². The maximum Gasteiger partial charge on any atom is 0.260 e. The van der Waals surface area contributed by atoms with Crippen molar-refractivity contribution in [1.82, 2.24) is 9.80 Å². The minimum atomic E-state index is -0.538. The monoisotopic (exact) mass is 488 g/mol. The Morgan fingerprint density at radius 1 is 0.757 bits per heavy atom. The van der Waals surface area contributed by atoms with Gasteiger partial charge in [-0.15, -0.1) is 0 Å². The Labute approximate surface area is 219 Å². The Kier molecular flexibility index (Phi) is 7.29. The van der Waals surface area contributed by atoms with Crippen LogP contribution in [-0.2, 0) is 24.3 Å². The van der Waals surface area contributed by atoms with E-state index in [1.807, 2.05) is 79.7 Å². The summed E-state index contributed by atoms with van der Waals surface area (Å²) in [7, 11) is 0. The zero-order chi connectivity index (χ0) is 25.8. The van der Waals surface area contributed by atoms with Crippen molar-refractivity contribution in [2.24, 2.45) is 0 Å². The van der Waals surface area contributed by atoms with Crippen LogP contribution in [0.3, 0.4) is 0 Å². The maximum atomic E-state index is 14.5. The molecule has 1 unspecified atom stereocenters. The zero-order valence-corrected chi connectivity index (χ0v) is 21.4. The highest BCUT2D eigenvalue weighted by molar-refractivity contribution is 6.06. The number of fused-ring (bicyclic) bond motifs is 1. The van der Waals surface area contributed by atoms with Crippen LogP contribution in [0.15, 0.2) is 103 Å². The molecule has 0 aromatic heterocycles. The molecule has 0 N–H and O–H groups in total. The van der Waals surface area contributed by atoms with Gasteiger partial charge in [0.1, 0.15) is 6.04 Å². The second-order valence-corrected chi connectivity index (χ2v) is 9.89. The van der Waals surface area contributed by atoms with Crippen molar-refractivity contribution in [3.8, 4) is 0 Å². The first-order valence-corrected chi connectivity index (χ1v) is 12.8. The number of nitrogens with zero attached hydrogens (tertiary/aromatic N) is 2. The Hall–Kier alpha value is -4.02. The van der Waals surface area contributed by atoms with E-state index in [9.17, 15) is 9.59 Å². The van der Waals surface area contributed by atoms with Crippen LogP contribution in [0, 0.1) is 13.8 Å². The Morgan fingerprint density at radius 2 is 1.38 bits per heavy atom. The summed E-state index contributed by atoms with van der Waals surface area (Å²) in [6.07, 6.45) is 0.871. The summed E-state index contributed by atoms with van der Waals surface area (Å²) >= 11 is 0.